The fourth-order valence-electron chi connectivity index (χ4n) is 1.62. The number of rotatable bonds is 6. The summed E-state index contributed by atoms with van der Waals surface area (Å²) in [5, 5.41) is 4.71. The fraction of sp³-hybridized carbons (Fsp3) is 0.385. The molecule has 0 aliphatic carbocycles. The maximum atomic E-state index is 6.13. The van der Waals surface area contributed by atoms with Gasteiger partial charge in [0.15, 0.2) is 0 Å². The second kappa shape index (κ2) is 6.95. The number of benzene rings is 1. The highest BCUT2D eigenvalue weighted by Crippen LogP contribution is 2.22. The van der Waals surface area contributed by atoms with Crippen LogP contribution in [0.4, 0.5) is 0 Å². The summed E-state index contributed by atoms with van der Waals surface area (Å²) in [7, 11) is 1.97. The first-order valence-electron chi connectivity index (χ1n) is 5.39. The van der Waals surface area contributed by atoms with Crippen molar-refractivity contribution in [1.82, 2.24) is 5.32 Å². The Hall–Kier alpha value is -0.500. The lowest BCUT2D eigenvalue weighted by Crippen LogP contribution is -2.27. The highest BCUT2D eigenvalue weighted by Gasteiger charge is 2.09. The summed E-state index contributed by atoms with van der Waals surface area (Å²) in [6.45, 7) is 3.73. The third kappa shape index (κ3) is 4.17. The van der Waals surface area contributed by atoms with E-state index in [1.165, 1.54) is 0 Å². The van der Waals surface area contributed by atoms with Crippen molar-refractivity contribution in [2.24, 2.45) is 0 Å². The summed E-state index contributed by atoms with van der Waals surface area (Å²) in [4.78, 5) is 0. The van der Waals surface area contributed by atoms with E-state index in [1.807, 2.05) is 25.3 Å². The van der Waals surface area contributed by atoms with E-state index in [2.05, 4.69) is 11.9 Å². The van der Waals surface area contributed by atoms with Crippen LogP contribution in [0.1, 0.15) is 18.4 Å². The molecule has 0 amide bonds. The number of halogens is 2. The number of allylic oxidation sites excluding steroid dienone is 1. The van der Waals surface area contributed by atoms with Crippen molar-refractivity contribution in [3.63, 3.8) is 0 Å². The minimum Gasteiger partial charge on any atom is -0.317 e. The van der Waals surface area contributed by atoms with Crippen LogP contribution in [-0.4, -0.2) is 13.1 Å². The molecule has 88 valence electrons. The van der Waals surface area contributed by atoms with Gasteiger partial charge in [-0.3, -0.25) is 0 Å². The Balaban J connectivity index is 2.66. The zero-order chi connectivity index (χ0) is 12.0. The Morgan fingerprint density at radius 2 is 2.19 bits per heavy atom. The largest absolute Gasteiger partial charge is 0.317 e. The molecule has 16 heavy (non-hydrogen) atoms. The third-order valence-corrected chi connectivity index (χ3v) is 3.20. The normalized spacial score (nSPS) is 12.4. The number of hydrogen-bond donors (Lipinski definition) is 1. The van der Waals surface area contributed by atoms with E-state index >= 15 is 0 Å². The molecule has 0 spiro atoms. The van der Waals surface area contributed by atoms with Gasteiger partial charge in [-0.05, 0) is 44.0 Å². The lowest BCUT2D eigenvalue weighted by molar-refractivity contribution is 0.525. The maximum Gasteiger partial charge on any atom is 0.0453 e. The average molecular weight is 258 g/mol. The summed E-state index contributed by atoms with van der Waals surface area (Å²) in [5.41, 5.74) is 1.13. The quantitative estimate of drug-likeness (QED) is 0.758. The average Bonchev–Trinajstić information content (AvgIpc) is 2.27. The van der Waals surface area contributed by atoms with Crippen molar-refractivity contribution in [1.29, 1.82) is 0 Å². The number of likely N-dealkylation sites (N-methyl/N-ethyl adjacent to an activating group) is 1. The Labute approximate surface area is 107 Å². The van der Waals surface area contributed by atoms with Gasteiger partial charge in [0.1, 0.15) is 0 Å². The third-order valence-electron chi connectivity index (χ3n) is 2.61. The first kappa shape index (κ1) is 13.6. The van der Waals surface area contributed by atoms with Crippen molar-refractivity contribution in [2.45, 2.75) is 25.3 Å². The maximum absolute atomic E-state index is 6.13. The van der Waals surface area contributed by atoms with Gasteiger partial charge in [-0.2, -0.15) is 0 Å². The lowest BCUT2D eigenvalue weighted by Gasteiger charge is -2.16. The second-order valence-electron chi connectivity index (χ2n) is 3.79. The van der Waals surface area contributed by atoms with E-state index in [-0.39, 0.29) is 0 Å². The molecule has 1 rings (SSSR count). The molecular formula is C13H17Cl2N. The van der Waals surface area contributed by atoms with Gasteiger partial charge in [-0.15, -0.1) is 6.58 Å². The van der Waals surface area contributed by atoms with Crippen molar-refractivity contribution in [3.05, 3.63) is 46.5 Å². The topological polar surface area (TPSA) is 12.0 Å². The van der Waals surface area contributed by atoms with Crippen LogP contribution in [0.25, 0.3) is 0 Å². The Morgan fingerprint density at radius 3 is 2.75 bits per heavy atom. The molecule has 0 aliphatic rings. The van der Waals surface area contributed by atoms with E-state index in [1.54, 1.807) is 6.07 Å². The first-order chi connectivity index (χ1) is 7.67. The molecule has 0 aliphatic heterocycles. The van der Waals surface area contributed by atoms with Crippen LogP contribution < -0.4 is 5.32 Å². The zero-order valence-electron chi connectivity index (χ0n) is 9.47. The second-order valence-corrected chi connectivity index (χ2v) is 4.64. The molecule has 1 N–H and O–H groups in total. The standard InChI is InChI=1S/C13H17Cl2N/c1-3-4-5-12(16-2)8-10-6-7-11(14)9-13(10)15/h3,6-7,9,12,16H,1,4-5,8H2,2H3. The molecule has 0 bridgehead atoms. The van der Waals surface area contributed by atoms with Crippen molar-refractivity contribution in [2.75, 3.05) is 7.05 Å². The van der Waals surface area contributed by atoms with Crippen molar-refractivity contribution < 1.29 is 0 Å². The summed E-state index contributed by atoms with van der Waals surface area (Å²) < 4.78 is 0. The molecule has 1 nitrogen and oxygen atoms in total. The van der Waals surface area contributed by atoms with Crippen LogP contribution in [0, 0.1) is 0 Å². The smallest absolute Gasteiger partial charge is 0.0453 e. The van der Waals surface area contributed by atoms with Crippen molar-refractivity contribution in [3.8, 4) is 0 Å². The molecule has 1 aromatic rings. The predicted molar refractivity (Wildman–Crippen MR) is 72.4 cm³/mol. The Kier molecular flexibility index (Phi) is 5.89. The molecule has 3 heteroatoms. The van der Waals surface area contributed by atoms with E-state index in [0.717, 1.165) is 29.8 Å². The van der Waals surface area contributed by atoms with Crippen LogP contribution in [-0.2, 0) is 6.42 Å². The molecule has 0 radical (unpaired) electrons. The van der Waals surface area contributed by atoms with Gasteiger partial charge in [-0.25, -0.2) is 0 Å². The SMILES string of the molecule is C=CCCC(Cc1ccc(Cl)cc1Cl)NC. The Morgan fingerprint density at radius 1 is 1.44 bits per heavy atom. The van der Waals surface area contributed by atoms with Gasteiger partial charge >= 0.3 is 0 Å². The minimum absolute atomic E-state index is 0.427. The molecule has 1 atom stereocenters. The van der Waals surface area contributed by atoms with Gasteiger partial charge in [0, 0.05) is 16.1 Å². The van der Waals surface area contributed by atoms with Gasteiger partial charge < -0.3 is 5.32 Å². The Bertz CT molecular complexity index is 350. The van der Waals surface area contributed by atoms with Crippen LogP contribution >= 0.6 is 23.2 Å². The molecule has 0 aromatic heterocycles. The van der Waals surface area contributed by atoms with Gasteiger partial charge in [0.25, 0.3) is 0 Å². The van der Waals surface area contributed by atoms with Crippen LogP contribution in [0.5, 0.6) is 0 Å². The lowest BCUT2D eigenvalue weighted by atomic mass is 10.0. The fourth-order valence-corrected chi connectivity index (χ4v) is 2.11. The highest BCUT2D eigenvalue weighted by molar-refractivity contribution is 6.35. The van der Waals surface area contributed by atoms with E-state index in [4.69, 9.17) is 23.2 Å². The zero-order valence-corrected chi connectivity index (χ0v) is 11.0. The molecule has 1 unspecified atom stereocenters. The predicted octanol–water partition coefficient (Wildman–Crippen LogP) is 4.09. The van der Waals surface area contributed by atoms with Crippen molar-refractivity contribution >= 4 is 23.2 Å². The summed E-state index contributed by atoms with van der Waals surface area (Å²) in [5.74, 6) is 0. The monoisotopic (exact) mass is 257 g/mol. The molecule has 0 saturated carbocycles. The highest BCUT2D eigenvalue weighted by atomic mass is 35.5. The van der Waals surface area contributed by atoms with Gasteiger partial charge in [-0.1, -0.05) is 35.3 Å². The molecule has 0 saturated heterocycles. The van der Waals surface area contributed by atoms with Gasteiger partial charge in [0.2, 0.25) is 0 Å². The van der Waals surface area contributed by atoms with E-state index in [9.17, 15) is 0 Å². The van der Waals surface area contributed by atoms with Gasteiger partial charge in [0.05, 0.1) is 0 Å². The minimum atomic E-state index is 0.427. The molecule has 1 aromatic carbocycles. The molecule has 0 heterocycles. The summed E-state index contributed by atoms with van der Waals surface area (Å²) >= 11 is 12.0. The first-order valence-corrected chi connectivity index (χ1v) is 6.15. The number of hydrogen-bond acceptors (Lipinski definition) is 1. The number of nitrogens with one attached hydrogen (secondary N) is 1. The summed E-state index contributed by atoms with van der Waals surface area (Å²) in [6.07, 6.45) is 4.93. The van der Waals surface area contributed by atoms with Crippen LogP contribution in [0.15, 0.2) is 30.9 Å². The van der Waals surface area contributed by atoms with E-state index < -0.39 is 0 Å². The molecule has 0 fully saturated rings. The molecular weight excluding hydrogens is 241 g/mol. The summed E-state index contributed by atoms with van der Waals surface area (Å²) in [6, 6.07) is 6.08. The van der Waals surface area contributed by atoms with Crippen LogP contribution in [0.2, 0.25) is 10.0 Å². The van der Waals surface area contributed by atoms with Crippen LogP contribution in [0.3, 0.4) is 0 Å². The van der Waals surface area contributed by atoms with E-state index in [0.29, 0.717) is 11.1 Å².